The number of sulfonamides is 1. The number of nitrogens with zero attached hydrogens (tertiary/aromatic N) is 2. The number of rotatable bonds is 5. The highest BCUT2D eigenvalue weighted by molar-refractivity contribution is 7.89. The summed E-state index contributed by atoms with van der Waals surface area (Å²) in [6.07, 6.45) is 4.05. The molecule has 0 fully saturated rings. The zero-order chi connectivity index (χ0) is 13.1. The Hall–Kier alpha value is -1.21. The van der Waals surface area contributed by atoms with E-state index in [0.29, 0.717) is 0 Å². The molecule has 0 radical (unpaired) electrons. The third-order valence-corrected chi connectivity index (χ3v) is 3.90. The lowest BCUT2D eigenvalue weighted by atomic mass is 10.0. The molecular weight excluding hydrogens is 240 g/mol. The Morgan fingerprint density at radius 2 is 1.88 bits per heavy atom. The highest BCUT2D eigenvalue weighted by Gasteiger charge is 2.25. The predicted molar refractivity (Wildman–Crippen MR) is 65.8 cm³/mol. The van der Waals surface area contributed by atoms with Gasteiger partial charge in [0.2, 0.25) is 16.0 Å². The Balaban J connectivity index is 2.93. The number of hydrogen-bond donors (Lipinski definition) is 2. The van der Waals surface area contributed by atoms with Gasteiger partial charge < -0.3 is 5.73 Å². The molecule has 1 aromatic rings. The van der Waals surface area contributed by atoms with Crippen LogP contribution < -0.4 is 10.5 Å². The van der Waals surface area contributed by atoms with Crippen molar-refractivity contribution in [2.24, 2.45) is 0 Å². The molecular formula is C10H18N4O2S. The van der Waals surface area contributed by atoms with Gasteiger partial charge in [0.1, 0.15) is 4.90 Å². The fourth-order valence-electron chi connectivity index (χ4n) is 1.56. The molecule has 0 aliphatic carbocycles. The normalized spacial score (nSPS) is 12.6. The van der Waals surface area contributed by atoms with Crippen LogP contribution in [-0.2, 0) is 10.0 Å². The van der Waals surface area contributed by atoms with E-state index in [1.54, 1.807) is 0 Å². The monoisotopic (exact) mass is 258 g/mol. The Kier molecular flexibility index (Phi) is 4.05. The molecule has 0 unspecified atom stereocenters. The fourth-order valence-corrected chi connectivity index (χ4v) is 2.89. The predicted octanol–water partition coefficient (Wildman–Crippen LogP) is 0.916. The van der Waals surface area contributed by atoms with Gasteiger partial charge in [-0.2, -0.15) is 0 Å². The minimum Gasteiger partial charge on any atom is -0.368 e. The van der Waals surface area contributed by atoms with Crippen LogP contribution in [-0.4, -0.2) is 23.9 Å². The van der Waals surface area contributed by atoms with Crippen LogP contribution in [0.15, 0.2) is 17.3 Å². The minimum absolute atomic E-state index is 0.0240. The van der Waals surface area contributed by atoms with Crippen LogP contribution in [0.2, 0.25) is 0 Å². The molecule has 0 atom stereocenters. The number of nitrogens with one attached hydrogen (secondary N) is 1. The first-order valence-electron chi connectivity index (χ1n) is 5.38. The highest BCUT2D eigenvalue weighted by atomic mass is 32.2. The van der Waals surface area contributed by atoms with Gasteiger partial charge in [0.15, 0.2) is 0 Å². The maximum atomic E-state index is 12.0. The van der Waals surface area contributed by atoms with Gasteiger partial charge in [-0.1, -0.05) is 13.3 Å². The average Bonchev–Trinajstić information content (AvgIpc) is 2.16. The van der Waals surface area contributed by atoms with Gasteiger partial charge in [0, 0.05) is 5.54 Å². The summed E-state index contributed by atoms with van der Waals surface area (Å²) in [5.41, 5.74) is 4.82. The van der Waals surface area contributed by atoms with Crippen molar-refractivity contribution in [2.75, 3.05) is 5.73 Å². The second kappa shape index (κ2) is 4.97. The van der Waals surface area contributed by atoms with Crippen LogP contribution in [0.3, 0.4) is 0 Å². The number of hydrogen-bond acceptors (Lipinski definition) is 5. The number of anilines is 1. The molecule has 6 nitrogen and oxygen atoms in total. The van der Waals surface area contributed by atoms with E-state index in [1.165, 1.54) is 12.4 Å². The first kappa shape index (κ1) is 13.9. The van der Waals surface area contributed by atoms with Crippen LogP contribution in [0.5, 0.6) is 0 Å². The Labute approximate surface area is 102 Å². The maximum Gasteiger partial charge on any atom is 0.244 e. The van der Waals surface area contributed by atoms with E-state index in [4.69, 9.17) is 5.73 Å². The number of nitrogens with two attached hydrogens (primary N) is 1. The van der Waals surface area contributed by atoms with E-state index in [2.05, 4.69) is 14.7 Å². The molecule has 0 aromatic carbocycles. The first-order chi connectivity index (χ1) is 7.77. The Morgan fingerprint density at radius 3 is 2.35 bits per heavy atom. The summed E-state index contributed by atoms with van der Waals surface area (Å²) in [4.78, 5) is 7.36. The van der Waals surface area contributed by atoms with Gasteiger partial charge in [0.05, 0.1) is 12.4 Å². The molecule has 1 heterocycles. The number of nitrogen functional groups attached to an aromatic ring is 1. The fraction of sp³-hybridized carbons (Fsp3) is 0.600. The highest BCUT2D eigenvalue weighted by Crippen LogP contribution is 2.16. The Bertz CT molecular complexity index is 468. The van der Waals surface area contributed by atoms with Crippen LogP contribution in [0, 0.1) is 0 Å². The van der Waals surface area contributed by atoms with Crippen LogP contribution in [0.1, 0.15) is 33.6 Å². The third kappa shape index (κ3) is 3.94. The largest absolute Gasteiger partial charge is 0.368 e. The van der Waals surface area contributed by atoms with E-state index in [0.717, 1.165) is 12.8 Å². The Morgan fingerprint density at radius 1 is 1.35 bits per heavy atom. The van der Waals surface area contributed by atoms with Crippen LogP contribution in [0.4, 0.5) is 5.95 Å². The summed E-state index contributed by atoms with van der Waals surface area (Å²) in [6.45, 7) is 5.68. The molecule has 7 heteroatoms. The van der Waals surface area contributed by atoms with Crippen molar-refractivity contribution in [2.45, 2.75) is 44.0 Å². The van der Waals surface area contributed by atoms with Crippen molar-refractivity contribution in [1.82, 2.24) is 14.7 Å². The summed E-state index contributed by atoms with van der Waals surface area (Å²) in [6, 6.07) is 0. The molecule has 0 amide bonds. The first-order valence-corrected chi connectivity index (χ1v) is 6.87. The van der Waals surface area contributed by atoms with Gasteiger partial charge in [0.25, 0.3) is 0 Å². The van der Waals surface area contributed by atoms with Gasteiger partial charge in [-0.3, -0.25) is 0 Å². The lowest BCUT2D eigenvalue weighted by Gasteiger charge is -2.25. The van der Waals surface area contributed by atoms with E-state index in [-0.39, 0.29) is 10.8 Å². The summed E-state index contributed by atoms with van der Waals surface area (Å²) >= 11 is 0. The molecule has 1 aromatic heterocycles. The summed E-state index contributed by atoms with van der Waals surface area (Å²) in [5, 5.41) is 0. The summed E-state index contributed by atoms with van der Waals surface area (Å²) in [7, 11) is -3.59. The molecule has 0 saturated heterocycles. The second-order valence-corrected chi connectivity index (χ2v) is 6.20. The molecule has 0 bridgehead atoms. The minimum atomic E-state index is -3.59. The molecule has 96 valence electrons. The van der Waals surface area contributed by atoms with Crippen LogP contribution >= 0.6 is 0 Å². The standard InChI is InChI=1S/C10H18N4O2S/c1-4-5-10(2,3)14-17(15,16)8-6-12-9(11)13-7-8/h6-7,14H,4-5H2,1-3H3,(H2,11,12,13). The van der Waals surface area contributed by atoms with Gasteiger partial charge >= 0.3 is 0 Å². The lowest BCUT2D eigenvalue weighted by Crippen LogP contribution is -2.43. The molecule has 3 N–H and O–H groups in total. The van der Waals surface area contributed by atoms with E-state index in [1.807, 2.05) is 20.8 Å². The van der Waals surface area contributed by atoms with E-state index < -0.39 is 15.6 Å². The quantitative estimate of drug-likeness (QED) is 0.818. The molecule has 0 saturated carbocycles. The van der Waals surface area contributed by atoms with E-state index in [9.17, 15) is 8.42 Å². The smallest absolute Gasteiger partial charge is 0.244 e. The number of aromatic nitrogens is 2. The zero-order valence-electron chi connectivity index (χ0n) is 10.3. The molecule has 0 aliphatic rings. The van der Waals surface area contributed by atoms with Crippen LogP contribution in [0.25, 0.3) is 0 Å². The molecule has 1 rings (SSSR count). The van der Waals surface area contributed by atoms with Crippen molar-refractivity contribution in [3.05, 3.63) is 12.4 Å². The van der Waals surface area contributed by atoms with Gasteiger partial charge in [-0.25, -0.2) is 23.1 Å². The zero-order valence-corrected chi connectivity index (χ0v) is 11.1. The molecule has 17 heavy (non-hydrogen) atoms. The van der Waals surface area contributed by atoms with Crippen molar-refractivity contribution in [1.29, 1.82) is 0 Å². The lowest BCUT2D eigenvalue weighted by molar-refractivity contribution is 0.417. The SMILES string of the molecule is CCCC(C)(C)NS(=O)(=O)c1cnc(N)nc1. The van der Waals surface area contributed by atoms with Crippen molar-refractivity contribution in [3.63, 3.8) is 0 Å². The summed E-state index contributed by atoms with van der Waals surface area (Å²) in [5.74, 6) is 0.0526. The maximum absolute atomic E-state index is 12.0. The average molecular weight is 258 g/mol. The second-order valence-electron chi connectivity index (χ2n) is 4.52. The molecule has 0 aliphatic heterocycles. The van der Waals surface area contributed by atoms with Crippen molar-refractivity contribution in [3.8, 4) is 0 Å². The van der Waals surface area contributed by atoms with Gasteiger partial charge in [-0.15, -0.1) is 0 Å². The van der Waals surface area contributed by atoms with Crippen molar-refractivity contribution < 1.29 is 8.42 Å². The van der Waals surface area contributed by atoms with Gasteiger partial charge in [-0.05, 0) is 20.3 Å². The molecule has 0 spiro atoms. The van der Waals surface area contributed by atoms with Crippen molar-refractivity contribution >= 4 is 16.0 Å². The van der Waals surface area contributed by atoms with E-state index >= 15 is 0 Å². The summed E-state index contributed by atoms with van der Waals surface area (Å²) < 4.78 is 26.6. The topological polar surface area (TPSA) is 98.0 Å². The third-order valence-electron chi connectivity index (χ3n) is 2.24.